The van der Waals surface area contributed by atoms with Gasteiger partial charge in [-0.05, 0) is 27.2 Å². The normalized spacial score (nSPS) is 22.9. The van der Waals surface area contributed by atoms with Gasteiger partial charge in [-0.2, -0.15) is 0 Å². The second-order valence-electron chi connectivity index (χ2n) is 4.86. The number of rotatable bonds is 1. The monoisotopic (exact) mass is 226 g/mol. The summed E-state index contributed by atoms with van der Waals surface area (Å²) < 4.78 is 0. The van der Waals surface area contributed by atoms with Gasteiger partial charge in [0.1, 0.15) is 6.04 Å². The largest absolute Gasteiger partial charge is 0.370 e. The summed E-state index contributed by atoms with van der Waals surface area (Å²) in [6.07, 6.45) is 0.722. The molecule has 0 aromatic rings. The predicted molar refractivity (Wildman–Crippen MR) is 60.7 cm³/mol. The maximum Gasteiger partial charge on any atom is 0.251 e. The molecular formula is C10H18N4O2. The lowest BCUT2D eigenvalue weighted by Gasteiger charge is -2.23. The average molecular weight is 226 g/mol. The van der Waals surface area contributed by atoms with Crippen LogP contribution in [-0.2, 0) is 9.59 Å². The smallest absolute Gasteiger partial charge is 0.251 e. The van der Waals surface area contributed by atoms with Gasteiger partial charge in [0.15, 0.2) is 5.96 Å². The Hall–Kier alpha value is -1.59. The molecule has 0 aromatic carbocycles. The van der Waals surface area contributed by atoms with Crippen molar-refractivity contribution in [3.8, 4) is 0 Å². The minimum absolute atomic E-state index is 0.200. The van der Waals surface area contributed by atoms with E-state index in [1.54, 1.807) is 0 Å². The van der Waals surface area contributed by atoms with Gasteiger partial charge in [0.25, 0.3) is 5.91 Å². The SMILES string of the molecule is CC(C)(C)NC(N)=NC1CCC(=O)NC1=O. The summed E-state index contributed by atoms with van der Waals surface area (Å²) in [6.45, 7) is 5.83. The summed E-state index contributed by atoms with van der Waals surface area (Å²) in [4.78, 5) is 26.3. The number of hydrogen-bond acceptors (Lipinski definition) is 3. The van der Waals surface area contributed by atoms with Crippen LogP contribution in [0, 0.1) is 0 Å². The zero-order valence-corrected chi connectivity index (χ0v) is 9.83. The van der Waals surface area contributed by atoms with Crippen molar-refractivity contribution in [1.29, 1.82) is 0 Å². The van der Waals surface area contributed by atoms with Gasteiger partial charge in [-0.15, -0.1) is 0 Å². The number of guanidine groups is 1. The molecule has 16 heavy (non-hydrogen) atoms. The quantitative estimate of drug-likeness (QED) is 0.319. The van der Waals surface area contributed by atoms with Crippen LogP contribution in [0.5, 0.6) is 0 Å². The van der Waals surface area contributed by atoms with Crippen molar-refractivity contribution in [2.24, 2.45) is 10.7 Å². The highest BCUT2D eigenvalue weighted by molar-refractivity contribution is 6.01. The third kappa shape index (κ3) is 3.88. The van der Waals surface area contributed by atoms with Crippen molar-refractivity contribution in [2.75, 3.05) is 0 Å². The maximum atomic E-state index is 11.4. The van der Waals surface area contributed by atoms with Crippen LogP contribution in [0.1, 0.15) is 33.6 Å². The summed E-state index contributed by atoms with van der Waals surface area (Å²) in [5.41, 5.74) is 5.46. The van der Waals surface area contributed by atoms with E-state index in [1.165, 1.54) is 0 Å². The number of amides is 2. The highest BCUT2D eigenvalue weighted by Crippen LogP contribution is 2.08. The molecule has 1 saturated heterocycles. The van der Waals surface area contributed by atoms with Gasteiger partial charge in [-0.1, -0.05) is 0 Å². The van der Waals surface area contributed by atoms with Crippen molar-refractivity contribution >= 4 is 17.8 Å². The fourth-order valence-electron chi connectivity index (χ4n) is 1.39. The molecule has 0 bridgehead atoms. The third-order valence-electron chi connectivity index (χ3n) is 2.01. The predicted octanol–water partition coefficient (Wildman–Crippen LogP) is -0.506. The molecule has 90 valence electrons. The topological polar surface area (TPSA) is 96.6 Å². The Bertz CT molecular complexity index is 330. The molecule has 0 radical (unpaired) electrons. The van der Waals surface area contributed by atoms with Gasteiger partial charge in [-0.25, -0.2) is 4.99 Å². The van der Waals surface area contributed by atoms with Gasteiger partial charge in [0.2, 0.25) is 5.91 Å². The first-order valence-electron chi connectivity index (χ1n) is 5.23. The third-order valence-corrected chi connectivity index (χ3v) is 2.01. The van der Waals surface area contributed by atoms with E-state index in [9.17, 15) is 9.59 Å². The molecule has 1 aliphatic rings. The zero-order chi connectivity index (χ0) is 12.3. The van der Waals surface area contributed by atoms with Crippen LogP contribution >= 0.6 is 0 Å². The fourth-order valence-corrected chi connectivity index (χ4v) is 1.39. The van der Waals surface area contributed by atoms with E-state index >= 15 is 0 Å². The Kier molecular flexibility index (Phi) is 3.51. The molecule has 0 aliphatic carbocycles. The standard InChI is InChI=1S/C10H18N4O2/c1-10(2,3)14-9(11)12-6-4-5-7(15)13-8(6)16/h6H,4-5H2,1-3H3,(H3,11,12,14)(H,13,15,16). The van der Waals surface area contributed by atoms with Crippen LogP contribution < -0.4 is 16.4 Å². The second kappa shape index (κ2) is 4.51. The molecule has 0 spiro atoms. The van der Waals surface area contributed by atoms with E-state index < -0.39 is 6.04 Å². The molecule has 0 aromatic heterocycles. The molecule has 1 heterocycles. The summed E-state index contributed by atoms with van der Waals surface area (Å²) in [5.74, 6) is -0.407. The van der Waals surface area contributed by atoms with Crippen LogP contribution in [0.4, 0.5) is 0 Å². The Morgan fingerprint density at radius 1 is 1.50 bits per heavy atom. The highest BCUT2D eigenvalue weighted by Gasteiger charge is 2.26. The first kappa shape index (κ1) is 12.5. The lowest BCUT2D eigenvalue weighted by atomic mass is 10.1. The summed E-state index contributed by atoms with van der Waals surface area (Å²) in [6, 6.07) is -0.562. The minimum Gasteiger partial charge on any atom is -0.370 e. The van der Waals surface area contributed by atoms with Crippen molar-refractivity contribution in [2.45, 2.75) is 45.2 Å². The molecule has 4 N–H and O–H groups in total. The van der Waals surface area contributed by atoms with Crippen LogP contribution in [0.25, 0.3) is 0 Å². The van der Waals surface area contributed by atoms with Crippen LogP contribution in [0.2, 0.25) is 0 Å². The molecule has 2 amide bonds. The van der Waals surface area contributed by atoms with Gasteiger partial charge in [0, 0.05) is 12.0 Å². The van der Waals surface area contributed by atoms with E-state index in [1.807, 2.05) is 20.8 Å². The van der Waals surface area contributed by atoms with E-state index in [0.29, 0.717) is 12.8 Å². The number of carbonyl (C=O) groups excluding carboxylic acids is 2. The molecule has 1 aliphatic heterocycles. The summed E-state index contributed by atoms with van der Waals surface area (Å²) in [5, 5.41) is 5.19. The number of nitrogens with one attached hydrogen (secondary N) is 2. The molecule has 1 atom stereocenters. The summed E-state index contributed by atoms with van der Waals surface area (Å²) >= 11 is 0. The second-order valence-corrected chi connectivity index (χ2v) is 4.86. The molecule has 1 unspecified atom stereocenters. The number of nitrogens with two attached hydrogens (primary N) is 1. The lowest BCUT2D eigenvalue weighted by Crippen LogP contribution is -2.48. The van der Waals surface area contributed by atoms with Crippen LogP contribution in [0.3, 0.4) is 0 Å². The number of piperidine rings is 1. The lowest BCUT2D eigenvalue weighted by molar-refractivity contribution is -0.133. The van der Waals surface area contributed by atoms with Gasteiger partial charge in [-0.3, -0.25) is 14.9 Å². The van der Waals surface area contributed by atoms with Gasteiger partial charge >= 0.3 is 0 Å². The van der Waals surface area contributed by atoms with Crippen molar-refractivity contribution in [3.05, 3.63) is 0 Å². The molecule has 1 fully saturated rings. The molecule has 6 heteroatoms. The first-order chi connectivity index (χ1) is 7.28. The van der Waals surface area contributed by atoms with Crippen molar-refractivity contribution in [3.63, 3.8) is 0 Å². The summed E-state index contributed by atoms with van der Waals surface area (Å²) in [7, 11) is 0. The molecular weight excluding hydrogens is 208 g/mol. The average Bonchev–Trinajstić information content (AvgIpc) is 2.06. The van der Waals surface area contributed by atoms with Gasteiger partial charge in [0.05, 0.1) is 0 Å². The Morgan fingerprint density at radius 2 is 2.12 bits per heavy atom. The molecule has 0 saturated carbocycles. The molecule has 6 nitrogen and oxygen atoms in total. The van der Waals surface area contributed by atoms with E-state index in [0.717, 1.165) is 0 Å². The van der Waals surface area contributed by atoms with E-state index in [-0.39, 0.29) is 23.3 Å². The number of aliphatic imine (C=N–C) groups is 1. The minimum atomic E-state index is -0.562. The Labute approximate surface area is 94.7 Å². The van der Waals surface area contributed by atoms with Crippen LogP contribution in [-0.4, -0.2) is 29.4 Å². The molecule has 1 rings (SSSR count). The number of carbonyl (C=O) groups is 2. The van der Waals surface area contributed by atoms with Gasteiger partial charge < -0.3 is 11.1 Å². The van der Waals surface area contributed by atoms with Crippen LogP contribution in [0.15, 0.2) is 4.99 Å². The Morgan fingerprint density at radius 3 is 2.62 bits per heavy atom. The first-order valence-corrected chi connectivity index (χ1v) is 5.23. The van der Waals surface area contributed by atoms with Crippen molar-refractivity contribution in [1.82, 2.24) is 10.6 Å². The highest BCUT2D eigenvalue weighted by atomic mass is 16.2. The fraction of sp³-hybridized carbons (Fsp3) is 0.700. The van der Waals surface area contributed by atoms with E-state index in [4.69, 9.17) is 5.73 Å². The number of nitrogens with zero attached hydrogens (tertiary/aromatic N) is 1. The Balaban J connectivity index is 2.62. The number of hydrogen-bond donors (Lipinski definition) is 3. The zero-order valence-electron chi connectivity index (χ0n) is 9.83. The van der Waals surface area contributed by atoms with E-state index in [2.05, 4.69) is 15.6 Å². The number of imide groups is 1. The maximum absolute atomic E-state index is 11.4. The van der Waals surface area contributed by atoms with Crippen molar-refractivity contribution < 1.29 is 9.59 Å².